The van der Waals surface area contributed by atoms with Crippen molar-refractivity contribution in [2.24, 2.45) is 0 Å². The van der Waals surface area contributed by atoms with Crippen molar-refractivity contribution in [3.8, 4) is 0 Å². The Morgan fingerprint density at radius 3 is 2.37 bits per heavy atom. The number of anilines is 2. The number of hydrogen-bond donors (Lipinski definition) is 1. The van der Waals surface area contributed by atoms with Crippen LogP contribution in [0.25, 0.3) is 0 Å². The summed E-state index contributed by atoms with van der Waals surface area (Å²) in [6.45, 7) is 8.46. The average Bonchev–Trinajstić information content (AvgIpc) is 2.96. The van der Waals surface area contributed by atoms with E-state index in [4.69, 9.17) is 0 Å². The number of rotatable bonds is 4. The molecule has 1 N–H and O–H groups in total. The molecule has 0 saturated carbocycles. The average molecular weight is 420 g/mol. The summed E-state index contributed by atoms with van der Waals surface area (Å²) in [5, 5.41) is 3.05. The lowest BCUT2D eigenvalue weighted by molar-refractivity contribution is -0.137. The fourth-order valence-corrected chi connectivity index (χ4v) is 3.70. The van der Waals surface area contributed by atoms with Crippen molar-refractivity contribution in [1.29, 1.82) is 0 Å². The van der Waals surface area contributed by atoms with Crippen LogP contribution < -0.4 is 10.2 Å². The van der Waals surface area contributed by atoms with Gasteiger partial charge in [-0.25, -0.2) is 4.98 Å². The van der Waals surface area contributed by atoms with E-state index in [0.29, 0.717) is 25.5 Å². The Kier molecular flexibility index (Phi) is 6.65. The Bertz CT molecular complexity index is 863. The monoisotopic (exact) mass is 420 g/mol. The van der Waals surface area contributed by atoms with E-state index in [9.17, 15) is 18.0 Å². The molecule has 2 heterocycles. The normalized spacial score (nSPS) is 16.8. The van der Waals surface area contributed by atoms with Crippen LogP contribution in [0.2, 0.25) is 0 Å². The number of carbonyl (C=O) groups is 1. The lowest BCUT2D eigenvalue weighted by Gasteiger charge is -2.27. The number of alkyl halides is 3. The van der Waals surface area contributed by atoms with E-state index in [1.165, 1.54) is 6.07 Å². The minimum absolute atomic E-state index is 0.0616. The zero-order valence-corrected chi connectivity index (χ0v) is 17.5. The number of hydrogen-bond acceptors (Lipinski definition) is 4. The molecule has 1 saturated heterocycles. The summed E-state index contributed by atoms with van der Waals surface area (Å²) < 4.78 is 38.3. The van der Waals surface area contributed by atoms with Crippen LogP contribution in [0.1, 0.15) is 30.0 Å². The zero-order valence-electron chi connectivity index (χ0n) is 17.5. The number of aryl methyl sites for hydroxylation is 2. The van der Waals surface area contributed by atoms with Crippen molar-refractivity contribution < 1.29 is 18.0 Å². The number of pyridine rings is 1. The molecule has 0 radical (unpaired) electrons. The second-order valence-corrected chi connectivity index (χ2v) is 7.71. The number of para-hydroxylation sites is 1. The molecule has 1 aliphatic heterocycles. The molecular weight excluding hydrogens is 393 g/mol. The maximum Gasteiger partial charge on any atom is 0.417 e. The second kappa shape index (κ2) is 9.04. The van der Waals surface area contributed by atoms with Crippen LogP contribution in [-0.2, 0) is 11.0 Å². The van der Waals surface area contributed by atoms with Gasteiger partial charge in [0.15, 0.2) is 0 Å². The van der Waals surface area contributed by atoms with Crippen molar-refractivity contribution in [1.82, 2.24) is 9.88 Å². The van der Waals surface area contributed by atoms with Crippen LogP contribution in [0.4, 0.5) is 24.7 Å². The summed E-state index contributed by atoms with van der Waals surface area (Å²) in [5.41, 5.74) is 2.14. The summed E-state index contributed by atoms with van der Waals surface area (Å²) in [5.74, 6) is 0.464. The molecule has 1 atom stereocenters. The van der Waals surface area contributed by atoms with Gasteiger partial charge >= 0.3 is 6.18 Å². The standard InChI is InChI=1S/C22H27F3N4O/c1-15-6-4-7-16(2)20(15)27-21(30)17(3)28-10-5-11-29(13-12-28)19-9-8-18(14-26-19)22(23,24)25/h4,6-9,14,17H,5,10-13H2,1-3H3,(H,27,30). The Balaban J connectivity index is 1.62. The van der Waals surface area contributed by atoms with E-state index in [1.807, 2.05) is 43.9 Å². The quantitative estimate of drug-likeness (QED) is 0.803. The van der Waals surface area contributed by atoms with Gasteiger partial charge in [0.05, 0.1) is 11.6 Å². The molecule has 1 aromatic heterocycles. The summed E-state index contributed by atoms with van der Waals surface area (Å²) >= 11 is 0. The molecule has 1 aromatic carbocycles. The smallest absolute Gasteiger partial charge is 0.355 e. The topological polar surface area (TPSA) is 48.5 Å². The Hall–Kier alpha value is -2.61. The molecule has 1 unspecified atom stereocenters. The van der Waals surface area contributed by atoms with E-state index in [-0.39, 0.29) is 11.9 Å². The fraction of sp³-hybridized carbons (Fsp3) is 0.455. The lowest BCUT2D eigenvalue weighted by atomic mass is 10.1. The Morgan fingerprint density at radius 2 is 1.77 bits per heavy atom. The number of aromatic nitrogens is 1. The van der Waals surface area contributed by atoms with Gasteiger partial charge in [-0.05, 0) is 50.5 Å². The second-order valence-electron chi connectivity index (χ2n) is 7.71. The summed E-state index contributed by atoms with van der Waals surface area (Å²) in [6.07, 6.45) is -2.72. The van der Waals surface area contributed by atoms with Gasteiger partial charge in [0.2, 0.25) is 5.91 Å². The number of benzene rings is 1. The molecule has 30 heavy (non-hydrogen) atoms. The third-order valence-electron chi connectivity index (χ3n) is 5.59. The van der Waals surface area contributed by atoms with E-state index >= 15 is 0 Å². The highest BCUT2D eigenvalue weighted by molar-refractivity contribution is 5.95. The Labute approximate surface area is 174 Å². The Morgan fingerprint density at radius 1 is 1.07 bits per heavy atom. The highest BCUT2D eigenvalue weighted by atomic mass is 19.4. The van der Waals surface area contributed by atoms with Gasteiger partial charge in [0.1, 0.15) is 5.82 Å². The molecule has 1 amide bonds. The first kappa shape index (κ1) is 22.1. The predicted octanol–water partition coefficient (Wildman–Crippen LogP) is 4.26. The molecule has 3 rings (SSSR count). The van der Waals surface area contributed by atoms with Crippen molar-refractivity contribution in [2.45, 2.75) is 39.4 Å². The van der Waals surface area contributed by atoms with E-state index < -0.39 is 11.7 Å². The first-order valence-corrected chi connectivity index (χ1v) is 10.1. The summed E-state index contributed by atoms with van der Waals surface area (Å²) in [7, 11) is 0. The van der Waals surface area contributed by atoms with Gasteiger partial charge in [-0.2, -0.15) is 13.2 Å². The zero-order chi connectivity index (χ0) is 21.9. The fourth-order valence-electron chi connectivity index (χ4n) is 3.70. The van der Waals surface area contributed by atoms with Crippen LogP contribution in [0.3, 0.4) is 0 Å². The number of amides is 1. The van der Waals surface area contributed by atoms with Gasteiger partial charge in [-0.15, -0.1) is 0 Å². The molecule has 0 aliphatic carbocycles. The molecule has 0 spiro atoms. The number of carbonyl (C=O) groups excluding carboxylic acids is 1. The number of nitrogens with zero attached hydrogens (tertiary/aromatic N) is 3. The van der Waals surface area contributed by atoms with Gasteiger partial charge in [0.25, 0.3) is 0 Å². The maximum absolute atomic E-state index is 12.8. The predicted molar refractivity (Wildman–Crippen MR) is 112 cm³/mol. The third kappa shape index (κ3) is 5.11. The largest absolute Gasteiger partial charge is 0.417 e. The highest BCUT2D eigenvalue weighted by Gasteiger charge is 2.31. The first-order chi connectivity index (χ1) is 14.2. The van der Waals surface area contributed by atoms with E-state index in [1.54, 1.807) is 0 Å². The van der Waals surface area contributed by atoms with Crippen LogP contribution in [0.5, 0.6) is 0 Å². The van der Waals surface area contributed by atoms with Gasteiger partial charge in [-0.1, -0.05) is 18.2 Å². The van der Waals surface area contributed by atoms with Crippen LogP contribution >= 0.6 is 0 Å². The molecule has 2 aromatic rings. The van der Waals surface area contributed by atoms with Crippen LogP contribution in [-0.4, -0.2) is 48.0 Å². The molecule has 1 aliphatic rings. The molecular formula is C22H27F3N4O. The van der Waals surface area contributed by atoms with Crippen molar-refractivity contribution in [3.05, 3.63) is 53.2 Å². The van der Waals surface area contributed by atoms with Crippen LogP contribution in [0, 0.1) is 13.8 Å². The molecule has 5 nitrogen and oxygen atoms in total. The summed E-state index contributed by atoms with van der Waals surface area (Å²) in [4.78, 5) is 20.9. The molecule has 1 fully saturated rings. The van der Waals surface area contributed by atoms with E-state index in [2.05, 4.69) is 15.2 Å². The van der Waals surface area contributed by atoms with Gasteiger partial charge in [0, 0.05) is 38.1 Å². The molecule has 0 bridgehead atoms. The van der Waals surface area contributed by atoms with Crippen molar-refractivity contribution in [3.63, 3.8) is 0 Å². The van der Waals surface area contributed by atoms with Gasteiger partial charge in [-0.3, -0.25) is 9.69 Å². The first-order valence-electron chi connectivity index (χ1n) is 10.1. The van der Waals surface area contributed by atoms with Crippen LogP contribution in [0.15, 0.2) is 36.5 Å². The molecule has 8 heteroatoms. The van der Waals surface area contributed by atoms with Gasteiger partial charge < -0.3 is 10.2 Å². The SMILES string of the molecule is Cc1cccc(C)c1NC(=O)C(C)N1CCCN(c2ccc(C(F)(F)F)cn2)CC1. The van der Waals surface area contributed by atoms with E-state index in [0.717, 1.165) is 42.0 Å². The van der Waals surface area contributed by atoms with Crippen molar-refractivity contribution in [2.75, 3.05) is 36.4 Å². The minimum atomic E-state index is -4.39. The highest BCUT2D eigenvalue weighted by Crippen LogP contribution is 2.29. The summed E-state index contributed by atoms with van der Waals surface area (Å²) in [6, 6.07) is 8.05. The number of halogens is 3. The molecule has 162 valence electrons. The van der Waals surface area contributed by atoms with Crippen molar-refractivity contribution >= 4 is 17.4 Å². The minimum Gasteiger partial charge on any atom is -0.355 e. The maximum atomic E-state index is 12.8. The lowest BCUT2D eigenvalue weighted by Crippen LogP contribution is -2.44. The number of nitrogens with one attached hydrogen (secondary N) is 1. The third-order valence-corrected chi connectivity index (χ3v) is 5.59.